The number of rotatable bonds is 5. The smallest absolute Gasteiger partial charge is 0.307 e. The number of amides is 1. The Kier molecular flexibility index (Phi) is 6.44. The predicted octanol–water partition coefficient (Wildman–Crippen LogP) is 4.15. The molecule has 6 nitrogen and oxygen atoms in total. The van der Waals surface area contributed by atoms with Crippen molar-refractivity contribution in [1.29, 1.82) is 0 Å². The van der Waals surface area contributed by atoms with Gasteiger partial charge in [-0.25, -0.2) is 0 Å². The second-order valence-corrected chi connectivity index (χ2v) is 8.63. The Balaban J connectivity index is 1.34. The van der Waals surface area contributed by atoms with E-state index in [0.717, 1.165) is 50.4 Å². The van der Waals surface area contributed by atoms with Crippen LogP contribution in [-0.2, 0) is 9.59 Å². The molecule has 2 N–H and O–H groups in total. The third kappa shape index (κ3) is 4.84. The Hall–Kier alpha value is -3.02. The van der Waals surface area contributed by atoms with Crippen LogP contribution < -0.4 is 15.1 Å². The number of carboxylic acids is 1. The average molecular weight is 422 g/mol. The van der Waals surface area contributed by atoms with Crippen LogP contribution in [0.2, 0.25) is 0 Å². The highest BCUT2D eigenvalue weighted by atomic mass is 16.4. The summed E-state index contributed by atoms with van der Waals surface area (Å²) < 4.78 is 0. The SMILES string of the molecule is Cc1ccccc1N1CCN(c2ccc(NC(=O)[C@H]3CCCC[C@H]3C(=O)O)cc2)CC1. The maximum Gasteiger partial charge on any atom is 0.307 e. The third-order valence-corrected chi connectivity index (χ3v) is 6.66. The molecular weight excluding hydrogens is 390 g/mol. The maximum absolute atomic E-state index is 12.7. The number of aliphatic carboxylic acids is 1. The normalized spacial score (nSPS) is 21.6. The van der Waals surface area contributed by atoms with E-state index in [1.54, 1.807) is 0 Å². The van der Waals surface area contributed by atoms with E-state index in [0.29, 0.717) is 12.8 Å². The van der Waals surface area contributed by atoms with Crippen molar-refractivity contribution >= 4 is 28.9 Å². The molecule has 1 aliphatic carbocycles. The molecular formula is C25H31N3O3. The van der Waals surface area contributed by atoms with Crippen molar-refractivity contribution in [2.45, 2.75) is 32.6 Å². The van der Waals surface area contributed by atoms with Gasteiger partial charge in [-0.15, -0.1) is 0 Å². The largest absolute Gasteiger partial charge is 0.481 e. The zero-order valence-corrected chi connectivity index (χ0v) is 18.1. The van der Waals surface area contributed by atoms with E-state index in [9.17, 15) is 14.7 Å². The number of aryl methyl sites for hydroxylation is 1. The summed E-state index contributed by atoms with van der Waals surface area (Å²) in [6.45, 7) is 5.99. The number of para-hydroxylation sites is 1. The van der Waals surface area contributed by atoms with Gasteiger partial charge in [0.2, 0.25) is 5.91 Å². The molecule has 0 bridgehead atoms. The summed E-state index contributed by atoms with van der Waals surface area (Å²) >= 11 is 0. The van der Waals surface area contributed by atoms with E-state index in [-0.39, 0.29) is 5.91 Å². The van der Waals surface area contributed by atoms with Gasteiger partial charge >= 0.3 is 5.97 Å². The molecule has 1 saturated heterocycles. The van der Waals surface area contributed by atoms with Gasteiger partial charge in [-0.1, -0.05) is 31.0 Å². The summed E-state index contributed by atoms with van der Waals surface area (Å²) in [6.07, 6.45) is 3.02. The molecule has 1 aliphatic heterocycles. The van der Waals surface area contributed by atoms with Crippen LogP contribution in [0, 0.1) is 18.8 Å². The highest BCUT2D eigenvalue weighted by molar-refractivity contribution is 5.95. The molecule has 6 heteroatoms. The number of carbonyl (C=O) groups excluding carboxylic acids is 1. The summed E-state index contributed by atoms with van der Waals surface area (Å²) in [4.78, 5) is 29.0. The van der Waals surface area contributed by atoms with Crippen molar-refractivity contribution < 1.29 is 14.7 Å². The van der Waals surface area contributed by atoms with Gasteiger partial charge in [0.25, 0.3) is 0 Å². The molecule has 1 saturated carbocycles. The molecule has 31 heavy (non-hydrogen) atoms. The zero-order chi connectivity index (χ0) is 21.8. The molecule has 4 rings (SSSR count). The standard InChI is InChI=1S/C25H31N3O3/c1-18-6-2-5-9-23(18)28-16-14-27(15-17-28)20-12-10-19(11-13-20)26-24(29)21-7-3-4-8-22(21)25(30)31/h2,5-6,9-13,21-22H,3-4,7-8,14-17H2,1H3,(H,26,29)(H,30,31)/t21-,22+/m0/s1. The summed E-state index contributed by atoms with van der Waals surface area (Å²) in [5.41, 5.74) is 4.48. The molecule has 0 unspecified atom stereocenters. The van der Waals surface area contributed by atoms with Crippen molar-refractivity contribution in [3.8, 4) is 0 Å². The molecule has 164 valence electrons. The molecule has 0 spiro atoms. The first-order chi connectivity index (χ1) is 15.0. The number of hydrogen-bond acceptors (Lipinski definition) is 4. The first-order valence-corrected chi connectivity index (χ1v) is 11.2. The summed E-state index contributed by atoms with van der Waals surface area (Å²) in [7, 11) is 0. The van der Waals surface area contributed by atoms with Crippen LogP contribution in [0.25, 0.3) is 0 Å². The maximum atomic E-state index is 12.7. The number of nitrogens with one attached hydrogen (secondary N) is 1. The number of hydrogen-bond donors (Lipinski definition) is 2. The lowest BCUT2D eigenvalue weighted by atomic mass is 9.78. The molecule has 0 radical (unpaired) electrons. The number of anilines is 3. The third-order valence-electron chi connectivity index (χ3n) is 6.66. The van der Waals surface area contributed by atoms with Crippen molar-refractivity contribution in [1.82, 2.24) is 0 Å². The second-order valence-electron chi connectivity index (χ2n) is 8.63. The monoisotopic (exact) mass is 421 g/mol. The minimum Gasteiger partial charge on any atom is -0.481 e. The number of carbonyl (C=O) groups is 2. The minimum atomic E-state index is -0.861. The lowest BCUT2D eigenvalue weighted by Gasteiger charge is -2.38. The van der Waals surface area contributed by atoms with Crippen LogP contribution in [0.15, 0.2) is 48.5 Å². The Morgan fingerprint density at radius 3 is 2.13 bits per heavy atom. The van der Waals surface area contributed by atoms with E-state index in [1.807, 2.05) is 24.3 Å². The van der Waals surface area contributed by atoms with Gasteiger partial charge in [-0.2, -0.15) is 0 Å². The first kappa shape index (κ1) is 21.2. The molecule has 1 heterocycles. The Morgan fingerprint density at radius 1 is 0.871 bits per heavy atom. The van der Waals surface area contributed by atoms with Crippen LogP contribution in [0.3, 0.4) is 0 Å². The van der Waals surface area contributed by atoms with E-state index >= 15 is 0 Å². The van der Waals surface area contributed by atoms with Crippen LogP contribution in [0.1, 0.15) is 31.2 Å². The topological polar surface area (TPSA) is 72.9 Å². The van der Waals surface area contributed by atoms with Crippen LogP contribution >= 0.6 is 0 Å². The van der Waals surface area contributed by atoms with Crippen molar-refractivity contribution in [2.75, 3.05) is 41.3 Å². The van der Waals surface area contributed by atoms with E-state index < -0.39 is 17.8 Å². The molecule has 2 aliphatic rings. The van der Waals surface area contributed by atoms with Gasteiger partial charge in [0.15, 0.2) is 0 Å². The van der Waals surface area contributed by atoms with E-state index in [2.05, 4.69) is 46.3 Å². The second kappa shape index (κ2) is 9.41. The summed E-state index contributed by atoms with van der Waals surface area (Å²) in [5.74, 6) is -2.05. The number of carboxylic acid groups (broad SMARTS) is 1. The number of piperazine rings is 1. The highest BCUT2D eigenvalue weighted by Gasteiger charge is 2.35. The fourth-order valence-electron chi connectivity index (χ4n) is 4.85. The van der Waals surface area contributed by atoms with Crippen molar-refractivity contribution in [2.24, 2.45) is 11.8 Å². The average Bonchev–Trinajstić information content (AvgIpc) is 2.80. The Morgan fingerprint density at radius 2 is 1.48 bits per heavy atom. The van der Waals surface area contributed by atoms with Crippen LogP contribution in [-0.4, -0.2) is 43.2 Å². The van der Waals surface area contributed by atoms with Crippen LogP contribution in [0.4, 0.5) is 17.1 Å². The molecule has 1 amide bonds. The summed E-state index contributed by atoms with van der Waals surface area (Å²) in [6, 6.07) is 16.4. The van der Waals surface area contributed by atoms with Gasteiger partial charge in [-0.05, 0) is 55.7 Å². The highest BCUT2D eigenvalue weighted by Crippen LogP contribution is 2.31. The Labute approximate surface area is 183 Å². The molecule has 2 aromatic carbocycles. The van der Waals surface area contributed by atoms with E-state index in [1.165, 1.54) is 11.3 Å². The predicted molar refractivity (Wildman–Crippen MR) is 124 cm³/mol. The van der Waals surface area contributed by atoms with Crippen molar-refractivity contribution in [3.63, 3.8) is 0 Å². The van der Waals surface area contributed by atoms with Gasteiger partial charge in [0, 0.05) is 43.2 Å². The molecule has 2 atom stereocenters. The lowest BCUT2D eigenvalue weighted by molar-refractivity contribution is -0.147. The van der Waals surface area contributed by atoms with E-state index in [4.69, 9.17) is 0 Å². The lowest BCUT2D eigenvalue weighted by Crippen LogP contribution is -2.46. The van der Waals surface area contributed by atoms with Gasteiger partial charge < -0.3 is 20.2 Å². The number of nitrogens with zero attached hydrogens (tertiary/aromatic N) is 2. The molecule has 2 aromatic rings. The minimum absolute atomic E-state index is 0.174. The molecule has 2 fully saturated rings. The van der Waals surface area contributed by atoms with Gasteiger partial charge in [0.05, 0.1) is 11.8 Å². The summed E-state index contributed by atoms with van der Waals surface area (Å²) in [5, 5.41) is 12.4. The van der Waals surface area contributed by atoms with Gasteiger partial charge in [0.1, 0.15) is 0 Å². The van der Waals surface area contributed by atoms with Gasteiger partial charge in [-0.3, -0.25) is 9.59 Å². The number of benzene rings is 2. The Bertz CT molecular complexity index is 920. The van der Waals surface area contributed by atoms with Crippen molar-refractivity contribution in [3.05, 3.63) is 54.1 Å². The first-order valence-electron chi connectivity index (χ1n) is 11.2. The molecule has 0 aromatic heterocycles. The zero-order valence-electron chi connectivity index (χ0n) is 18.1. The van der Waals surface area contributed by atoms with Crippen LogP contribution in [0.5, 0.6) is 0 Å². The fraction of sp³-hybridized carbons (Fsp3) is 0.440. The quantitative estimate of drug-likeness (QED) is 0.759. The fourth-order valence-corrected chi connectivity index (χ4v) is 4.85.